The van der Waals surface area contributed by atoms with Crippen molar-refractivity contribution in [2.45, 2.75) is 19.3 Å². The van der Waals surface area contributed by atoms with Crippen LogP contribution in [0.5, 0.6) is 17.2 Å². The highest BCUT2D eigenvalue weighted by molar-refractivity contribution is 5.79. The number of hydrogen-bond donors (Lipinski definition) is 0. The molecule has 3 rings (SSSR count). The zero-order valence-electron chi connectivity index (χ0n) is 12.9. The monoisotopic (exact) mass is 298 g/mol. The Kier molecular flexibility index (Phi) is 3.75. The van der Waals surface area contributed by atoms with Gasteiger partial charge >= 0.3 is 5.97 Å². The summed E-state index contributed by atoms with van der Waals surface area (Å²) in [5, 5.41) is 0. The topological polar surface area (TPSA) is 44.8 Å². The standard InChI is InChI=1S/C18H18O4/c1-11-6-4-5-7-13(11)14-10-17(19)22-16-9-12(20-2)8-15(21-3)18(14)16/h4-9,14H,10H2,1-3H3/t14-/m0/s1. The van der Waals surface area contributed by atoms with Crippen LogP contribution in [0.1, 0.15) is 29.0 Å². The first-order valence-corrected chi connectivity index (χ1v) is 7.16. The molecule has 2 aromatic carbocycles. The van der Waals surface area contributed by atoms with Crippen LogP contribution in [0.15, 0.2) is 36.4 Å². The fraction of sp³-hybridized carbons (Fsp3) is 0.278. The molecule has 0 bridgehead atoms. The van der Waals surface area contributed by atoms with Crippen LogP contribution in [0.2, 0.25) is 0 Å². The molecule has 0 amide bonds. The predicted molar refractivity (Wildman–Crippen MR) is 82.8 cm³/mol. The van der Waals surface area contributed by atoms with Crippen LogP contribution in [0.25, 0.3) is 0 Å². The third-order valence-electron chi connectivity index (χ3n) is 4.04. The highest BCUT2D eigenvalue weighted by Gasteiger charge is 2.32. The molecule has 4 heteroatoms. The normalized spacial score (nSPS) is 16.7. The van der Waals surface area contributed by atoms with Crippen molar-refractivity contribution < 1.29 is 19.0 Å². The summed E-state index contributed by atoms with van der Waals surface area (Å²) in [6.45, 7) is 2.05. The van der Waals surface area contributed by atoms with Crippen molar-refractivity contribution >= 4 is 5.97 Å². The first-order chi connectivity index (χ1) is 10.6. The van der Waals surface area contributed by atoms with E-state index < -0.39 is 0 Å². The van der Waals surface area contributed by atoms with Crippen molar-refractivity contribution in [1.82, 2.24) is 0 Å². The third kappa shape index (κ3) is 2.41. The number of ether oxygens (including phenoxy) is 3. The van der Waals surface area contributed by atoms with Crippen LogP contribution in [0.4, 0.5) is 0 Å². The molecule has 114 valence electrons. The van der Waals surface area contributed by atoms with Gasteiger partial charge in [-0.15, -0.1) is 0 Å². The maximum Gasteiger partial charge on any atom is 0.312 e. The minimum absolute atomic E-state index is 0.0710. The fourth-order valence-corrected chi connectivity index (χ4v) is 2.97. The number of carbonyl (C=O) groups excluding carboxylic acids is 1. The summed E-state index contributed by atoms with van der Waals surface area (Å²) in [4.78, 5) is 12.0. The predicted octanol–water partition coefficient (Wildman–Crippen LogP) is 3.45. The molecule has 1 aliphatic rings. The highest BCUT2D eigenvalue weighted by atomic mass is 16.5. The van der Waals surface area contributed by atoms with Crippen LogP contribution in [0, 0.1) is 6.92 Å². The van der Waals surface area contributed by atoms with E-state index in [2.05, 4.69) is 0 Å². The lowest BCUT2D eigenvalue weighted by atomic mass is 9.83. The third-order valence-corrected chi connectivity index (χ3v) is 4.04. The first-order valence-electron chi connectivity index (χ1n) is 7.16. The number of hydrogen-bond acceptors (Lipinski definition) is 4. The number of methoxy groups -OCH3 is 2. The summed E-state index contributed by atoms with van der Waals surface area (Å²) in [5.74, 6) is 1.49. The van der Waals surface area contributed by atoms with Gasteiger partial charge in [-0.2, -0.15) is 0 Å². The molecular formula is C18H18O4. The van der Waals surface area contributed by atoms with Gasteiger partial charge in [-0.3, -0.25) is 4.79 Å². The van der Waals surface area contributed by atoms with E-state index in [4.69, 9.17) is 14.2 Å². The summed E-state index contributed by atoms with van der Waals surface area (Å²) >= 11 is 0. The van der Waals surface area contributed by atoms with Crippen molar-refractivity contribution in [2.75, 3.05) is 14.2 Å². The molecule has 0 aromatic heterocycles. The second-order valence-electron chi connectivity index (χ2n) is 5.33. The van der Waals surface area contributed by atoms with Crippen molar-refractivity contribution in [2.24, 2.45) is 0 Å². The molecule has 0 N–H and O–H groups in total. The Morgan fingerprint density at radius 3 is 2.59 bits per heavy atom. The quantitative estimate of drug-likeness (QED) is 0.643. The Balaban J connectivity index is 2.20. The SMILES string of the molecule is COc1cc(OC)c2c(c1)OC(=O)C[C@H]2c1ccccc1C. The van der Waals surface area contributed by atoms with Gasteiger partial charge in [0.1, 0.15) is 17.2 Å². The Labute approximate surface area is 129 Å². The number of fused-ring (bicyclic) bond motifs is 1. The van der Waals surface area contributed by atoms with Gasteiger partial charge in [0, 0.05) is 23.6 Å². The number of aryl methyl sites for hydroxylation is 1. The summed E-state index contributed by atoms with van der Waals surface area (Å²) in [7, 11) is 3.19. The van der Waals surface area contributed by atoms with Crippen molar-refractivity contribution in [1.29, 1.82) is 0 Å². The molecular weight excluding hydrogens is 280 g/mol. The Morgan fingerprint density at radius 2 is 1.91 bits per heavy atom. The maximum absolute atomic E-state index is 12.0. The molecule has 4 nitrogen and oxygen atoms in total. The molecule has 0 unspecified atom stereocenters. The molecule has 0 fully saturated rings. The van der Waals surface area contributed by atoms with Gasteiger partial charge in [0.2, 0.25) is 0 Å². The van der Waals surface area contributed by atoms with Gasteiger partial charge < -0.3 is 14.2 Å². The molecule has 0 radical (unpaired) electrons. The molecule has 1 atom stereocenters. The van der Waals surface area contributed by atoms with E-state index in [0.29, 0.717) is 23.7 Å². The van der Waals surface area contributed by atoms with Gasteiger partial charge in [0.05, 0.1) is 20.6 Å². The summed E-state index contributed by atoms with van der Waals surface area (Å²) in [6, 6.07) is 11.6. The number of benzene rings is 2. The van der Waals surface area contributed by atoms with E-state index >= 15 is 0 Å². The molecule has 0 saturated heterocycles. The minimum atomic E-state index is -0.240. The molecule has 1 heterocycles. The largest absolute Gasteiger partial charge is 0.496 e. The number of rotatable bonds is 3. The van der Waals surface area contributed by atoms with Gasteiger partial charge in [-0.05, 0) is 18.1 Å². The van der Waals surface area contributed by atoms with Gasteiger partial charge in [0.25, 0.3) is 0 Å². The Morgan fingerprint density at radius 1 is 1.14 bits per heavy atom. The molecule has 0 spiro atoms. The lowest BCUT2D eigenvalue weighted by Gasteiger charge is -2.28. The maximum atomic E-state index is 12.0. The average molecular weight is 298 g/mol. The highest BCUT2D eigenvalue weighted by Crippen LogP contribution is 2.46. The second-order valence-corrected chi connectivity index (χ2v) is 5.33. The molecule has 1 aliphatic heterocycles. The zero-order chi connectivity index (χ0) is 15.7. The van der Waals surface area contributed by atoms with E-state index in [1.54, 1.807) is 20.3 Å². The summed E-state index contributed by atoms with van der Waals surface area (Å²) < 4.78 is 16.2. The van der Waals surface area contributed by atoms with E-state index in [1.807, 2.05) is 37.3 Å². The lowest BCUT2D eigenvalue weighted by molar-refractivity contribution is -0.135. The van der Waals surface area contributed by atoms with Crippen LogP contribution in [-0.2, 0) is 4.79 Å². The van der Waals surface area contributed by atoms with Gasteiger partial charge in [-0.1, -0.05) is 24.3 Å². The van der Waals surface area contributed by atoms with Gasteiger partial charge in [0.15, 0.2) is 0 Å². The van der Waals surface area contributed by atoms with E-state index in [0.717, 1.165) is 16.7 Å². The molecule has 0 aliphatic carbocycles. The van der Waals surface area contributed by atoms with Crippen LogP contribution in [0.3, 0.4) is 0 Å². The summed E-state index contributed by atoms with van der Waals surface area (Å²) in [6.07, 6.45) is 0.306. The Bertz CT molecular complexity index is 721. The van der Waals surface area contributed by atoms with E-state index in [9.17, 15) is 4.79 Å². The van der Waals surface area contributed by atoms with E-state index in [1.165, 1.54) is 0 Å². The fourth-order valence-electron chi connectivity index (χ4n) is 2.97. The minimum Gasteiger partial charge on any atom is -0.496 e. The van der Waals surface area contributed by atoms with Crippen LogP contribution in [-0.4, -0.2) is 20.2 Å². The molecule has 0 saturated carbocycles. The number of carbonyl (C=O) groups is 1. The second kappa shape index (κ2) is 5.72. The van der Waals surface area contributed by atoms with Crippen LogP contribution < -0.4 is 14.2 Å². The van der Waals surface area contributed by atoms with Gasteiger partial charge in [-0.25, -0.2) is 0 Å². The van der Waals surface area contributed by atoms with Crippen molar-refractivity contribution in [3.05, 3.63) is 53.1 Å². The first kappa shape index (κ1) is 14.4. The number of esters is 1. The van der Waals surface area contributed by atoms with Crippen LogP contribution >= 0.6 is 0 Å². The van der Waals surface area contributed by atoms with Crippen molar-refractivity contribution in [3.63, 3.8) is 0 Å². The Hall–Kier alpha value is -2.49. The zero-order valence-corrected chi connectivity index (χ0v) is 12.9. The smallest absolute Gasteiger partial charge is 0.312 e. The molecule has 2 aromatic rings. The average Bonchev–Trinajstić information content (AvgIpc) is 2.53. The lowest BCUT2D eigenvalue weighted by Crippen LogP contribution is -2.22. The van der Waals surface area contributed by atoms with E-state index in [-0.39, 0.29) is 11.9 Å². The van der Waals surface area contributed by atoms with Crippen molar-refractivity contribution in [3.8, 4) is 17.2 Å². The molecule has 22 heavy (non-hydrogen) atoms. The summed E-state index contributed by atoms with van der Waals surface area (Å²) in [5.41, 5.74) is 3.16.